The van der Waals surface area contributed by atoms with E-state index in [1.165, 1.54) is 0 Å². The fourth-order valence-electron chi connectivity index (χ4n) is 1.89. The van der Waals surface area contributed by atoms with E-state index >= 15 is 0 Å². The van der Waals surface area contributed by atoms with E-state index in [2.05, 4.69) is 16.9 Å². The topological polar surface area (TPSA) is 63.9 Å². The predicted octanol–water partition coefficient (Wildman–Crippen LogP) is 3.06. The fraction of sp³-hybridized carbons (Fsp3) is 0.400. The van der Waals surface area contributed by atoms with Gasteiger partial charge < -0.3 is 15.5 Å². The number of benzene rings is 1. The summed E-state index contributed by atoms with van der Waals surface area (Å²) in [7, 11) is 0. The van der Waals surface area contributed by atoms with Crippen molar-refractivity contribution >= 4 is 0 Å². The highest BCUT2D eigenvalue weighted by atomic mass is 16.5. The molecule has 1 atom stereocenters. The molecule has 0 aliphatic rings. The number of aromatic amines is 1. The highest BCUT2D eigenvalue weighted by Crippen LogP contribution is 2.30. The molecule has 1 aromatic carbocycles. The molecule has 0 saturated carbocycles. The lowest BCUT2D eigenvalue weighted by atomic mass is 10.00. The van der Waals surface area contributed by atoms with Crippen molar-refractivity contribution < 1.29 is 4.74 Å². The van der Waals surface area contributed by atoms with E-state index in [-0.39, 0.29) is 0 Å². The number of aromatic nitrogens is 2. The van der Waals surface area contributed by atoms with Crippen molar-refractivity contribution in [3.63, 3.8) is 0 Å². The van der Waals surface area contributed by atoms with Crippen molar-refractivity contribution in [3.8, 4) is 17.0 Å². The van der Waals surface area contributed by atoms with Gasteiger partial charge in [-0.05, 0) is 32.4 Å². The van der Waals surface area contributed by atoms with E-state index in [0.29, 0.717) is 6.61 Å². The molecule has 0 radical (unpaired) electrons. The second-order valence-electron chi connectivity index (χ2n) is 4.85. The minimum Gasteiger partial charge on any atom is -0.493 e. The first-order valence-electron chi connectivity index (χ1n) is 6.65. The Labute approximate surface area is 114 Å². The maximum atomic E-state index is 6.20. The van der Waals surface area contributed by atoms with Crippen LogP contribution in [0.1, 0.15) is 33.0 Å². The lowest BCUT2D eigenvalue weighted by Crippen LogP contribution is -2.33. The Balaban J connectivity index is 2.38. The quantitative estimate of drug-likeness (QED) is 0.867. The average Bonchev–Trinajstić information content (AvgIpc) is 2.90. The number of ether oxygens (including phenoxy) is 1. The first-order chi connectivity index (χ1) is 9.08. The number of rotatable bonds is 5. The number of imidazole rings is 1. The van der Waals surface area contributed by atoms with Gasteiger partial charge in [-0.15, -0.1) is 0 Å². The summed E-state index contributed by atoms with van der Waals surface area (Å²) in [6.45, 7) is 6.64. The molecule has 2 rings (SSSR count). The van der Waals surface area contributed by atoms with E-state index in [4.69, 9.17) is 10.5 Å². The second-order valence-corrected chi connectivity index (χ2v) is 4.85. The van der Waals surface area contributed by atoms with Crippen LogP contribution >= 0.6 is 0 Å². The van der Waals surface area contributed by atoms with Crippen molar-refractivity contribution in [2.45, 2.75) is 32.7 Å². The number of H-pyrrole nitrogens is 1. The Morgan fingerprint density at radius 3 is 2.74 bits per heavy atom. The van der Waals surface area contributed by atoms with Gasteiger partial charge in [0.1, 0.15) is 11.6 Å². The molecule has 0 aliphatic carbocycles. The fourth-order valence-corrected chi connectivity index (χ4v) is 1.89. The average molecular weight is 259 g/mol. The summed E-state index contributed by atoms with van der Waals surface area (Å²) in [5, 5.41) is 0. The Bertz CT molecular complexity index is 546. The standard InChI is InChI=1S/C15H21N3O/c1-4-15(3,16)14-17-10-12(18-14)11-8-6-7-9-13(11)19-5-2/h6-10H,4-5,16H2,1-3H3,(H,17,18). The van der Waals surface area contributed by atoms with Crippen LogP contribution in [0.3, 0.4) is 0 Å². The summed E-state index contributed by atoms with van der Waals surface area (Å²) in [6.07, 6.45) is 2.64. The molecule has 0 spiro atoms. The van der Waals surface area contributed by atoms with Crippen molar-refractivity contribution in [2.24, 2.45) is 5.73 Å². The summed E-state index contributed by atoms with van der Waals surface area (Å²) in [5.41, 5.74) is 7.71. The monoisotopic (exact) mass is 259 g/mol. The van der Waals surface area contributed by atoms with Gasteiger partial charge >= 0.3 is 0 Å². The van der Waals surface area contributed by atoms with Gasteiger partial charge in [-0.2, -0.15) is 0 Å². The zero-order valence-electron chi connectivity index (χ0n) is 11.7. The summed E-state index contributed by atoms with van der Waals surface area (Å²) in [4.78, 5) is 7.70. The molecule has 1 aromatic heterocycles. The highest BCUT2D eigenvalue weighted by Gasteiger charge is 2.22. The van der Waals surface area contributed by atoms with E-state index < -0.39 is 5.54 Å². The van der Waals surface area contributed by atoms with E-state index in [1.54, 1.807) is 0 Å². The smallest absolute Gasteiger partial charge is 0.128 e. The first kappa shape index (κ1) is 13.6. The van der Waals surface area contributed by atoms with Gasteiger partial charge in [-0.3, -0.25) is 0 Å². The van der Waals surface area contributed by atoms with Gasteiger partial charge in [0.2, 0.25) is 0 Å². The van der Waals surface area contributed by atoms with Crippen LogP contribution in [-0.2, 0) is 5.54 Å². The Morgan fingerprint density at radius 2 is 2.05 bits per heavy atom. The molecule has 0 bridgehead atoms. The van der Waals surface area contributed by atoms with Crippen LogP contribution in [0.4, 0.5) is 0 Å². The second kappa shape index (κ2) is 5.45. The Morgan fingerprint density at radius 1 is 1.32 bits per heavy atom. The molecule has 0 saturated heterocycles. The maximum absolute atomic E-state index is 6.20. The molecule has 0 amide bonds. The van der Waals surface area contributed by atoms with Crippen LogP contribution < -0.4 is 10.5 Å². The zero-order chi connectivity index (χ0) is 13.9. The van der Waals surface area contributed by atoms with Crippen molar-refractivity contribution in [2.75, 3.05) is 6.61 Å². The molecule has 2 aromatic rings. The van der Waals surface area contributed by atoms with Crippen LogP contribution in [0.25, 0.3) is 11.3 Å². The normalized spacial score (nSPS) is 14.1. The van der Waals surface area contributed by atoms with Crippen molar-refractivity contribution in [3.05, 3.63) is 36.3 Å². The number of hydrogen-bond acceptors (Lipinski definition) is 3. The van der Waals surface area contributed by atoms with E-state index in [1.807, 2.05) is 44.3 Å². The SMILES string of the molecule is CCOc1ccccc1-c1cnc(C(C)(N)CC)[nH]1. The molecule has 0 fully saturated rings. The summed E-state index contributed by atoms with van der Waals surface area (Å²) in [5.74, 6) is 1.66. The van der Waals surface area contributed by atoms with Crippen LogP contribution in [0, 0.1) is 0 Å². The lowest BCUT2D eigenvalue weighted by molar-refractivity contribution is 0.341. The molecular formula is C15H21N3O. The van der Waals surface area contributed by atoms with Crippen molar-refractivity contribution in [1.82, 2.24) is 9.97 Å². The van der Waals surface area contributed by atoms with Crippen LogP contribution in [0.2, 0.25) is 0 Å². The number of hydrogen-bond donors (Lipinski definition) is 2. The zero-order valence-corrected chi connectivity index (χ0v) is 11.7. The molecule has 102 valence electrons. The minimum absolute atomic E-state index is 0.432. The number of nitrogens with zero attached hydrogens (tertiary/aromatic N) is 1. The van der Waals surface area contributed by atoms with Crippen LogP contribution in [0.15, 0.2) is 30.5 Å². The van der Waals surface area contributed by atoms with Crippen LogP contribution in [0.5, 0.6) is 5.75 Å². The number of nitrogens with one attached hydrogen (secondary N) is 1. The van der Waals surface area contributed by atoms with Gasteiger partial charge in [0.15, 0.2) is 0 Å². The summed E-state index contributed by atoms with van der Waals surface area (Å²) < 4.78 is 5.63. The van der Waals surface area contributed by atoms with Gasteiger partial charge in [0.25, 0.3) is 0 Å². The van der Waals surface area contributed by atoms with Gasteiger partial charge in [-0.1, -0.05) is 19.1 Å². The molecule has 1 heterocycles. The molecule has 19 heavy (non-hydrogen) atoms. The predicted molar refractivity (Wildman–Crippen MR) is 77.0 cm³/mol. The number of para-hydroxylation sites is 1. The van der Waals surface area contributed by atoms with Crippen LogP contribution in [-0.4, -0.2) is 16.6 Å². The molecular weight excluding hydrogens is 238 g/mol. The van der Waals surface area contributed by atoms with E-state index in [9.17, 15) is 0 Å². The Hall–Kier alpha value is -1.81. The third-order valence-corrected chi connectivity index (χ3v) is 3.33. The number of nitrogens with two attached hydrogens (primary N) is 1. The minimum atomic E-state index is -0.432. The van der Waals surface area contributed by atoms with E-state index in [0.717, 1.165) is 29.3 Å². The van der Waals surface area contributed by atoms with Crippen molar-refractivity contribution in [1.29, 1.82) is 0 Å². The summed E-state index contributed by atoms with van der Waals surface area (Å²) >= 11 is 0. The maximum Gasteiger partial charge on any atom is 0.128 e. The van der Waals surface area contributed by atoms with Gasteiger partial charge in [-0.25, -0.2) is 4.98 Å². The first-order valence-corrected chi connectivity index (χ1v) is 6.65. The van der Waals surface area contributed by atoms with Gasteiger partial charge in [0, 0.05) is 5.56 Å². The summed E-state index contributed by atoms with van der Waals surface area (Å²) in [6, 6.07) is 7.92. The molecule has 1 unspecified atom stereocenters. The molecule has 4 nitrogen and oxygen atoms in total. The largest absolute Gasteiger partial charge is 0.493 e. The Kier molecular flexibility index (Phi) is 3.90. The third kappa shape index (κ3) is 2.79. The highest BCUT2D eigenvalue weighted by molar-refractivity contribution is 5.66. The lowest BCUT2D eigenvalue weighted by Gasteiger charge is -2.19. The molecule has 3 N–H and O–H groups in total. The van der Waals surface area contributed by atoms with Gasteiger partial charge in [0.05, 0.1) is 24.0 Å². The third-order valence-electron chi connectivity index (χ3n) is 3.33. The molecule has 0 aliphatic heterocycles. The molecule has 4 heteroatoms.